The molecule has 9 heteroatoms. The van der Waals surface area contributed by atoms with Crippen LogP contribution in [0, 0.1) is 10.1 Å². The number of hydrogen-bond acceptors (Lipinski definition) is 4. The lowest BCUT2D eigenvalue weighted by molar-refractivity contribution is -0.384. The van der Waals surface area contributed by atoms with Crippen molar-refractivity contribution in [2.24, 2.45) is 0 Å². The van der Waals surface area contributed by atoms with E-state index in [4.69, 9.17) is 38.2 Å². The fourth-order valence-electron chi connectivity index (χ4n) is 1.49. The number of benzene rings is 2. The predicted molar refractivity (Wildman–Crippen MR) is 90.2 cm³/mol. The van der Waals surface area contributed by atoms with E-state index in [2.05, 4.69) is 0 Å². The second-order valence-corrected chi connectivity index (χ2v) is 4.69. The van der Waals surface area contributed by atoms with E-state index < -0.39 is 11.1 Å². The zero-order valence-corrected chi connectivity index (χ0v) is 13.6. The molecule has 0 amide bonds. The van der Waals surface area contributed by atoms with Gasteiger partial charge >= 0.3 is 6.16 Å². The van der Waals surface area contributed by atoms with Gasteiger partial charge in [-0.3, -0.25) is 14.9 Å². The van der Waals surface area contributed by atoms with E-state index in [1.807, 2.05) is 6.07 Å². The van der Waals surface area contributed by atoms with Crippen molar-refractivity contribution >= 4 is 40.8 Å². The Kier molecular flexibility index (Phi) is 10.6. The molecule has 0 bridgehead atoms. The molecule has 0 fully saturated rings. The molecule has 7 nitrogen and oxygen atoms in total. The van der Waals surface area contributed by atoms with Crippen molar-refractivity contribution in [3.8, 4) is 0 Å². The molecule has 0 aliphatic rings. The summed E-state index contributed by atoms with van der Waals surface area (Å²) in [5.41, 5.74) is 0.998. The summed E-state index contributed by atoms with van der Waals surface area (Å²) in [5.74, 6) is -0.138. The maximum atomic E-state index is 12.0. The number of halogens is 2. The Hall–Kier alpha value is -2.64. The average molecular weight is 374 g/mol. The molecule has 2 aromatic rings. The summed E-state index contributed by atoms with van der Waals surface area (Å²) in [6.07, 6.45) is -1.83. The number of alkyl halides is 2. The third kappa shape index (κ3) is 8.72. The zero-order valence-electron chi connectivity index (χ0n) is 12.1. The fourth-order valence-corrected chi connectivity index (χ4v) is 1.49. The summed E-state index contributed by atoms with van der Waals surface area (Å²) in [4.78, 5) is 30.5. The Morgan fingerprint density at radius 2 is 1.29 bits per heavy atom. The first-order chi connectivity index (χ1) is 11.3. The van der Waals surface area contributed by atoms with Gasteiger partial charge in [-0.2, -0.15) is 0 Å². The fraction of sp³-hybridized carbons (Fsp3) is 0.0667. The van der Waals surface area contributed by atoms with Gasteiger partial charge in [0.15, 0.2) is 5.78 Å². The van der Waals surface area contributed by atoms with Crippen molar-refractivity contribution in [1.29, 1.82) is 0 Å². The molecule has 2 N–H and O–H groups in total. The number of nitrogens with zero attached hydrogens (tertiary/aromatic N) is 1. The van der Waals surface area contributed by atoms with Gasteiger partial charge in [-0.25, -0.2) is 4.79 Å². The van der Waals surface area contributed by atoms with E-state index in [-0.39, 0.29) is 16.8 Å². The van der Waals surface area contributed by atoms with Crippen LogP contribution in [0.2, 0.25) is 0 Å². The highest BCUT2D eigenvalue weighted by atomic mass is 35.5. The van der Waals surface area contributed by atoms with Crippen LogP contribution < -0.4 is 0 Å². The molecule has 128 valence electrons. The van der Waals surface area contributed by atoms with Gasteiger partial charge in [-0.15, -0.1) is 23.2 Å². The van der Waals surface area contributed by atoms with Crippen LogP contribution in [0.15, 0.2) is 54.6 Å². The molecule has 0 spiro atoms. The van der Waals surface area contributed by atoms with Crippen molar-refractivity contribution in [3.63, 3.8) is 0 Å². The molecule has 0 atom stereocenters. The lowest BCUT2D eigenvalue weighted by Crippen LogP contribution is -2.00. The van der Waals surface area contributed by atoms with Crippen LogP contribution in [0.5, 0.6) is 0 Å². The summed E-state index contributed by atoms with van der Waals surface area (Å²) in [7, 11) is 0. The van der Waals surface area contributed by atoms with Crippen LogP contribution in [-0.2, 0) is 0 Å². The largest absolute Gasteiger partial charge is 0.503 e. The minimum atomic E-state index is -1.83. The summed E-state index contributed by atoms with van der Waals surface area (Å²) in [6, 6.07) is 14.4. The predicted octanol–water partition coefficient (Wildman–Crippen LogP) is 4.47. The minimum absolute atomic E-state index is 0.0189. The van der Waals surface area contributed by atoms with Crippen molar-refractivity contribution in [1.82, 2.24) is 0 Å². The first-order valence-corrected chi connectivity index (χ1v) is 7.28. The summed E-state index contributed by atoms with van der Waals surface area (Å²) >= 11 is 9.53. The number of carboxylic acid groups (broad SMARTS) is 2. The Bertz CT molecular complexity index is 657. The lowest BCUT2D eigenvalue weighted by atomic mass is 10.0. The molecule has 2 rings (SSSR count). The van der Waals surface area contributed by atoms with Gasteiger partial charge in [0.1, 0.15) is 0 Å². The normalized spacial score (nSPS) is 8.75. The van der Waals surface area contributed by atoms with Crippen molar-refractivity contribution in [2.45, 2.75) is 0 Å². The lowest BCUT2D eigenvalue weighted by Gasteiger charge is -2.00. The van der Waals surface area contributed by atoms with E-state index in [1.165, 1.54) is 24.3 Å². The molecule has 0 aromatic heterocycles. The van der Waals surface area contributed by atoms with Crippen LogP contribution in [0.4, 0.5) is 10.5 Å². The molecule has 2 aromatic carbocycles. The van der Waals surface area contributed by atoms with E-state index in [1.54, 1.807) is 24.3 Å². The van der Waals surface area contributed by atoms with Crippen LogP contribution in [-0.4, -0.2) is 32.4 Å². The van der Waals surface area contributed by atoms with Crippen LogP contribution >= 0.6 is 23.2 Å². The van der Waals surface area contributed by atoms with E-state index in [0.717, 1.165) is 0 Å². The van der Waals surface area contributed by atoms with Crippen molar-refractivity contribution < 1.29 is 24.7 Å². The number of nitro benzene ring substituents is 1. The van der Waals surface area contributed by atoms with Gasteiger partial charge in [0.05, 0.1) is 10.3 Å². The second-order valence-electron chi connectivity index (χ2n) is 3.88. The third-order valence-corrected chi connectivity index (χ3v) is 2.38. The Morgan fingerprint density at radius 3 is 1.67 bits per heavy atom. The first kappa shape index (κ1) is 21.4. The molecular weight excluding hydrogens is 361 g/mol. The summed E-state index contributed by atoms with van der Waals surface area (Å²) in [6.45, 7) is 0. The number of nitro groups is 1. The van der Waals surface area contributed by atoms with Crippen LogP contribution in [0.1, 0.15) is 15.9 Å². The molecular formula is C15H13Cl2NO6. The Balaban J connectivity index is 0.000000648. The van der Waals surface area contributed by atoms with Gasteiger partial charge in [0.25, 0.3) is 5.69 Å². The minimum Gasteiger partial charge on any atom is -0.450 e. The number of ketones is 1. The molecule has 0 aliphatic heterocycles. The Morgan fingerprint density at radius 1 is 0.917 bits per heavy atom. The monoisotopic (exact) mass is 373 g/mol. The maximum Gasteiger partial charge on any atom is 0.503 e. The highest BCUT2D eigenvalue weighted by molar-refractivity contribution is 6.40. The van der Waals surface area contributed by atoms with Crippen molar-refractivity contribution in [2.75, 3.05) is 5.34 Å². The topological polar surface area (TPSA) is 118 Å². The molecule has 0 radical (unpaired) electrons. The quantitative estimate of drug-likeness (QED) is 0.354. The SMILES string of the molecule is ClCCl.O=C(O)O.O=C(c1ccccc1)c1ccc([N+](=O)[O-])cc1. The molecule has 0 saturated heterocycles. The smallest absolute Gasteiger partial charge is 0.450 e. The third-order valence-electron chi connectivity index (χ3n) is 2.38. The Labute approximate surface area is 147 Å². The number of rotatable bonds is 3. The number of carbonyl (C=O) groups is 2. The molecule has 0 heterocycles. The highest BCUT2D eigenvalue weighted by Gasteiger charge is 2.10. The van der Waals surface area contributed by atoms with E-state index in [0.29, 0.717) is 11.1 Å². The molecule has 0 aliphatic carbocycles. The summed E-state index contributed by atoms with van der Waals surface area (Å²) < 4.78 is 0. The van der Waals surface area contributed by atoms with Crippen LogP contribution in [0.3, 0.4) is 0 Å². The van der Waals surface area contributed by atoms with Gasteiger partial charge in [0.2, 0.25) is 0 Å². The second kappa shape index (κ2) is 11.9. The van der Waals surface area contributed by atoms with E-state index in [9.17, 15) is 14.9 Å². The maximum absolute atomic E-state index is 12.0. The molecule has 0 unspecified atom stereocenters. The van der Waals surface area contributed by atoms with Gasteiger partial charge in [-0.05, 0) is 12.1 Å². The summed E-state index contributed by atoms with van der Waals surface area (Å²) in [5, 5.41) is 24.6. The van der Waals surface area contributed by atoms with Gasteiger partial charge < -0.3 is 10.2 Å². The highest BCUT2D eigenvalue weighted by Crippen LogP contribution is 2.15. The van der Waals surface area contributed by atoms with Crippen LogP contribution in [0.25, 0.3) is 0 Å². The van der Waals surface area contributed by atoms with Gasteiger partial charge in [0, 0.05) is 23.3 Å². The zero-order chi connectivity index (χ0) is 18.5. The van der Waals surface area contributed by atoms with Crippen molar-refractivity contribution in [3.05, 3.63) is 75.8 Å². The number of non-ortho nitro benzene ring substituents is 1. The molecule has 0 saturated carbocycles. The van der Waals surface area contributed by atoms with E-state index >= 15 is 0 Å². The van der Waals surface area contributed by atoms with Gasteiger partial charge in [-0.1, -0.05) is 30.3 Å². The molecule has 24 heavy (non-hydrogen) atoms. The average Bonchev–Trinajstić information content (AvgIpc) is 2.55. The number of carbonyl (C=O) groups excluding carboxylic acids is 1. The first-order valence-electron chi connectivity index (χ1n) is 6.21. The number of hydrogen-bond donors (Lipinski definition) is 2. The standard InChI is InChI=1S/C13H9NO3.CH2Cl2.CH2O3/c15-13(10-4-2-1-3-5-10)11-6-8-12(9-7-11)14(16)17;2-1-3;2-1(3)4/h1-9H;1H2;(H2,2,3,4).